The maximum absolute atomic E-state index is 8.63. The smallest absolute Gasteiger partial charge is 0.115 e. The van der Waals surface area contributed by atoms with E-state index < -0.39 is 0 Å². The number of para-hydroxylation sites is 1. The van der Waals surface area contributed by atoms with E-state index in [0.29, 0.717) is 5.75 Å². The highest BCUT2D eigenvalue weighted by molar-refractivity contribution is 5.85. The van der Waals surface area contributed by atoms with Crippen molar-refractivity contribution in [2.24, 2.45) is 5.73 Å². The molecule has 0 radical (unpaired) electrons. The van der Waals surface area contributed by atoms with E-state index in [1.807, 2.05) is 6.07 Å². The first kappa shape index (κ1) is 20.5. The average Bonchev–Trinajstić information content (AvgIpc) is 2.55. The molecule has 0 heterocycles. The van der Waals surface area contributed by atoms with Crippen LogP contribution in [0.2, 0.25) is 0 Å². The van der Waals surface area contributed by atoms with Crippen molar-refractivity contribution in [3.8, 4) is 5.75 Å². The maximum atomic E-state index is 8.63. The van der Waals surface area contributed by atoms with Gasteiger partial charge in [-0.1, -0.05) is 63.2 Å². The number of phenols is 1. The summed E-state index contributed by atoms with van der Waals surface area (Å²) >= 11 is 0. The fraction of sp³-hybridized carbons (Fsp3) is 0.368. The normalized spacial score (nSPS) is 10.2. The van der Waals surface area contributed by atoms with Gasteiger partial charge in [-0.2, -0.15) is 0 Å². The molecule has 0 aliphatic carbocycles. The summed E-state index contributed by atoms with van der Waals surface area (Å²) in [6, 6.07) is 17.2. The number of halogens is 1. The van der Waals surface area contributed by atoms with Crippen LogP contribution in [0.4, 0.5) is 0 Å². The molecular weight excluding hydrogens is 294 g/mol. The van der Waals surface area contributed by atoms with Crippen LogP contribution in [-0.2, 0) is 12.0 Å². The Labute approximate surface area is 140 Å². The lowest BCUT2D eigenvalue weighted by Crippen LogP contribution is -2.36. The molecule has 0 bridgehead atoms. The van der Waals surface area contributed by atoms with Crippen LogP contribution in [0, 0.1) is 0 Å². The number of hydrogen-bond donors (Lipinski definition) is 2. The summed E-state index contributed by atoms with van der Waals surface area (Å²) in [6.07, 6.45) is 3.07. The van der Waals surface area contributed by atoms with Crippen molar-refractivity contribution in [2.75, 3.05) is 0 Å². The van der Waals surface area contributed by atoms with Gasteiger partial charge in [-0.3, -0.25) is 0 Å². The van der Waals surface area contributed by atoms with Gasteiger partial charge in [-0.05, 0) is 42.5 Å². The van der Waals surface area contributed by atoms with Crippen molar-refractivity contribution in [2.45, 2.75) is 45.6 Å². The highest BCUT2D eigenvalue weighted by Gasteiger charge is 2.24. The predicted octanol–water partition coefficient (Wildman–Crippen LogP) is 5.04. The van der Waals surface area contributed by atoms with Gasteiger partial charge in [0.2, 0.25) is 0 Å². The Morgan fingerprint density at radius 3 is 1.77 bits per heavy atom. The molecule has 3 N–H and O–H groups in total. The van der Waals surface area contributed by atoms with E-state index in [0.717, 1.165) is 19.3 Å². The molecule has 0 saturated carbocycles. The van der Waals surface area contributed by atoms with Gasteiger partial charge < -0.3 is 10.8 Å². The van der Waals surface area contributed by atoms with E-state index in [1.54, 1.807) is 24.3 Å². The summed E-state index contributed by atoms with van der Waals surface area (Å²) in [5.41, 5.74) is 8.98. The van der Waals surface area contributed by atoms with Crippen LogP contribution >= 0.6 is 12.4 Å². The maximum Gasteiger partial charge on any atom is 0.115 e. The summed E-state index contributed by atoms with van der Waals surface area (Å²) in [4.78, 5) is 0. The van der Waals surface area contributed by atoms with Gasteiger partial charge in [0.25, 0.3) is 0 Å². The predicted molar refractivity (Wildman–Crippen MR) is 97.6 cm³/mol. The lowest BCUT2D eigenvalue weighted by molar-refractivity contribution is 0.409. The quantitative estimate of drug-likeness (QED) is 0.829. The highest BCUT2D eigenvalue weighted by atomic mass is 35.5. The van der Waals surface area contributed by atoms with Gasteiger partial charge in [0.15, 0.2) is 0 Å². The van der Waals surface area contributed by atoms with E-state index in [-0.39, 0.29) is 17.9 Å². The van der Waals surface area contributed by atoms with Gasteiger partial charge in [0.1, 0.15) is 5.75 Å². The van der Waals surface area contributed by atoms with E-state index >= 15 is 0 Å². The first-order valence-electron chi connectivity index (χ1n) is 7.68. The number of aryl methyl sites for hydroxylation is 1. The molecule has 0 atom stereocenters. The molecule has 0 unspecified atom stereocenters. The number of benzene rings is 2. The van der Waals surface area contributed by atoms with Crippen molar-refractivity contribution < 1.29 is 5.11 Å². The largest absolute Gasteiger partial charge is 0.508 e. The minimum atomic E-state index is -0.132. The van der Waals surface area contributed by atoms with Gasteiger partial charge >= 0.3 is 0 Å². The third kappa shape index (κ3) is 5.70. The Bertz CT molecular complexity index is 524. The van der Waals surface area contributed by atoms with E-state index in [2.05, 4.69) is 45.0 Å². The van der Waals surface area contributed by atoms with Crippen LogP contribution in [0.5, 0.6) is 5.75 Å². The minimum absolute atomic E-state index is 0. The fourth-order valence-corrected chi connectivity index (χ4v) is 2.37. The molecular formula is C19H28ClNO. The number of rotatable bonds is 4. The molecule has 0 spiro atoms. The summed E-state index contributed by atoms with van der Waals surface area (Å²) in [5.74, 6) is 0.322. The Morgan fingerprint density at radius 2 is 1.36 bits per heavy atom. The number of hydrogen-bond acceptors (Lipinski definition) is 2. The molecule has 0 fully saturated rings. The SMILES string of the molecule is CCc1ccccc1C(N)(CC)CC.Cl.Oc1ccccc1. The molecule has 0 amide bonds. The average molecular weight is 322 g/mol. The summed E-state index contributed by atoms with van der Waals surface area (Å²) in [5, 5.41) is 8.63. The van der Waals surface area contributed by atoms with Gasteiger partial charge in [0.05, 0.1) is 0 Å². The molecule has 122 valence electrons. The van der Waals surface area contributed by atoms with Crippen molar-refractivity contribution in [1.29, 1.82) is 0 Å². The molecule has 0 aromatic heterocycles. The fourth-order valence-electron chi connectivity index (χ4n) is 2.37. The highest BCUT2D eigenvalue weighted by Crippen LogP contribution is 2.28. The molecule has 0 saturated heterocycles. The molecule has 3 heteroatoms. The Morgan fingerprint density at radius 1 is 0.864 bits per heavy atom. The van der Waals surface area contributed by atoms with Gasteiger partial charge in [-0.25, -0.2) is 0 Å². The lowest BCUT2D eigenvalue weighted by Gasteiger charge is -2.29. The number of nitrogens with two attached hydrogens (primary N) is 1. The zero-order chi connectivity index (χ0) is 15.7. The van der Waals surface area contributed by atoms with E-state index in [1.165, 1.54) is 11.1 Å². The van der Waals surface area contributed by atoms with Gasteiger partial charge in [-0.15, -0.1) is 12.4 Å². The zero-order valence-corrected chi connectivity index (χ0v) is 14.6. The summed E-state index contributed by atoms with van der Waals surface area (Å²) in [6.45, 7) is 6.51. The molecule has 0 aliphatic rings. The Kier molecular flexibility index (Phi) is 9.55. The van der Waals surface area contributed by atoms with Gasteiger partial charge in [0, 0.05) is 5.54 Å². The van der Waals surface area contributed by atoms with Crippen LogP contribution < -0.4 is 5.73 Å². The lowest BCUT2D eigenvalue weighted by atomic mass is 9.82. The third-order valence-electron chi connectivity index (χ3n) is 3.95. The second-order valence-corrected chi connectivity index (χ2v) is 5.21. The molecule has 2 rings (SSSR count). The minimum Gasteiger partial charge on any atom is -0.508 e. The van der Waals surface area contributed by atoms with Crippen LogP contribution in [-0.4, -0.2) is 5.11 Å². The standard InChI is InChI=1S/C13H21N.C6H6O.ClH/c1-4-11-9-7-8-10-12(11)13(14,5-2)6-3;7-6-4-2-1-3-5-6;/h7-10H,4-6,14H2,1-3H3;1-5,7H;1H. The number of phenolic OH excluding ortho intramolecular Hbond substituents is 1. The zero-order valence-electron chi connectivity index (χ0n) is 13.8. The third-order valence-corrected chi connectivity index (χ3v) is 3.95. The van der Waals surface area contributed by atoms with Crippen LogP contribution in [0.3, 0.4) is 0 Å². The van der Waals surface area contributed by atoms with E-state index in [9.17, 15) is 0 Å². The van der Waals surface area contributed by atoms with Crippen LogP contribution in [0.15, 0.2) is 54.6 Å². The van der Waals surface area contributed by atoms with Crippen molar-refractivity contribution in [3.05, 3.63) is 65.7 Å². The first-order valence-corrected chi connectivity index (χ1v) is 7.68. The monoisotopic (exact) mass is 321 g/mol. The summed E-state index contributed by atoms with van der Waals surface area (Å²) in [7, 11) is 0. The first-order chi connectivity index (χ1) is 10.1. The molecule has 22 heavy (non-hydrogen) atoms. The Balaban J connectivity index is 0.000000465. The van der Waals surface area contributed by atoms with E-state index in [4.69, 9.17) is 10.8 Å². The topological polar surface area (TPSA) is 46.2 Å². The second-order valence-electron chi connectivity index (χ2n) is 5.21. The second kappa shape index (κ2) is 10.3. The van der Waals surface area contributed by atoms with Crippen molar-refractivity contribution in [1.82, 2.24) is 0 Å². The number of aromatic hydroxyl groups is 1. The van der Waals surface area contributed by atoms with Crippen LogP contribution in [0.25, 0.3) is 0 Å². The van der Waals surface area contributed by atoms with Crippen molar-refractivity contribution in [3.63, 3.8) is 0 Å². The Hall–Kier alpha value is -1.51. The summed E-state index contributed by atoms with van der Waals surface area (Å²) < 4.78 is 0. The molecule has 2 aromatic rings. The molecule has 2 aromatic carbocycles. The van der Waals surface area contributed by atoms with Crippen LogP contribution in [0.1, 0.15) is 44.7 Å². The molecule has 2 nitrogen and oxygen atoms in total. The molecule has 0 aliphatic heterocycles. The van der Waals surface area contributed by atoms with Crippen molar-refractivity contribution >= 4 is 12.4 Å².